The molecule has 0 fully saturated rings. The Kier molecular flexibility index (Phi) is 5.26. The van der Waals surface area contributed by atoms with Gasteiger partial charge in [-0.25, -0.2) is 4.39 Å². The van der Waals surface area contributed by atoms with E-state index in [0.29, 0.717) is 6.07 Å². The minimum atomic E-state index is -4.63. The van der Waals surface area contributed by atoms with Gasteiger partial charge >= 0.3 is 6.18 Å². The van der Waals surface area contributed by atoms with Gasteiger partial charge in [-0.05, 0) is 30.3 Å². The number of rotatable bonds is 5. The van der Waals surface area contributed by atoms with Crippen LogP contribution in [0.2, 0.25) is 0 Å². The lowest BCUT2D eigenvalue weighted by molar-refractivity contribution is -0.137. The molecule has 2 rings (SSSR count). The minimum Gasteiger partial charge on any atom is -0.492 e. The fraction of sp³-hybridized carbons (Fsp3) is 0.188. The van der Waals surface area contributed by atoms with Crippen molar-refractivity contribution in [1.29, 1.82) is 0 Å². The zero-order valence-electron chi connectivity index (χ0n) is 11.7. The molecule has 0 aliphatic carbocycles. The van der Waals surface area contributed by atoms with Crippen LogP contribution in [0.25, 0.3) is 0 Å². The summed E-state index contributed by atoms with van der Waals surface area (Å²) in [6, 6.07) is 7.53. The third-order valence-corrected chi connectivity index (χ3v) is 3.16. The van der Waals surface area contributed by atoms with Crippen LogP contribution in [0.1, 0.15) is 21.5 Å². The molecule has 0 aromatic heterocycles. The zero-order chi connectivity index (χ0) is 17.0. The molecule has 0 aliphatic rings. The van der Waals surface area contributed by atoms with Gasteiger partial charge in [0, 0.05) is 0 Å². The van der Waals surface area contributed by atoms with Gasteiger partial charge in [-0.2, -0.15) is 13.2 Å². The fourth-order valence-electron chi connectivity index (χ4n) is 1.95. The standard InChI is InChI=1S/C16H11ClF4O2/c17-7-8-23-14-6-5-10(16(19,20)21)9-12(14)15(22)11-3-1-2-4-13(11)18/h1-6,9H,7-8H2. The number of carbonyl (C=O) groups excluding carboxylic acids is 1. The van der Waals surface area contributed by atoms with E-state index in [-0.39, 0.29) is 29.4 Å². The van der Waals surface area contributed by atoms with Crippen molar-refractivity contribution in [3.05, 3.63) is 65.0 Å². The number of carbonyl (C=O) groups is 1. The Hall–Kier alpha value is -2.08. The van der Waals surface area contributed by atoms with Crippen LogP contribution >= 0.6 is 11.6 Å². The molecule has 23 heavy (non-hydrogen) atoms. The van der Waals surface area contributed by atoms with E-state index in [9.17, 15) is 22.4 Å². The first-order valence-corrected chi connectivity index (χ1v) is 7.07. The second kappa shape index (κ2) is 7.00. The van der Waals surface area contributed by atoms with Crippen molar-refractivity contribution in [2.75, 3.05) is 12.5 Å². The van der Waals surface area contributed by atoms with Crippen molar-refractivity contribution < 1.29 is 27.1 Å². The molecule has 122 valence electrons. The maximum Gasteiger partial charge on any atom is 0.416 e. The van der Waals surface area contributed by atoms with Gasteiger partial charge in [0.25, 0.3) is 0 Å². The largest absolute Gasteiger partial charge is 0.492 e. The highest BCUT2D eigenvalue weighted by Gasteiger charge is 2.32. The van der Waals surface area contributed by atoms with Gasteiger partial charge in [-0.1, -0.05) is 12.1 Å². The first-order valence-electron chi connectivity index (χ1n) is 6.54. The van der Waals surface area contributed by atoms with Crippen LogP contribution < -0.4 is 4.74 Å². The molecular formula is C16H11ClF4O2. The van der Waals surface area contributed by atoms with Gasteiger partial charge in [-0.3, -0.25) is 4.79 Å². The lowest BCUT2D eigenvalue weighted by Crippen LogP contribution is -2.12. The summed E-state index contributed by atoms with van der Waals surface area (Å²) in [7, 11) is 0. The summed E-state index contributed by atoms with van der Waals surface area (Å²) in [6.45, 7) is 0.00444. The van der Waals surface area contributed by atoms with E-state index in [2.05, 4.69) is 0 Å². The monoisotopic (exact) mass is 346 g/mol. The van der Waals surface area contributed by atoms with Crippen LogP contribution in [0, 0.1) is 5.82 Å². The average Bonchev–Trinajstić information content (AvgIpc) is 2.51. The highest BCUT2D eigenvalue weighted by atomic mass is 35.5. The molecule has 0 radical (unpaired) electrons. The van der Waals surface area contributed by atoms with E-state index < -0.39 is 23.3 Å². The Morgan fingerprint density at radius 3 is 2.39 bits per heavy atom. The summed E-state index contributed by atoms with van der Waals surface area (Å²) in [5, 5.41) is 0. The summed E-state index contributed by atoms with van der Waals surface area (Å²) in [6.07, 6.45) is -4.63. The summed E-state index contributed by atoms with van der Waals surface area (Å²) >= 11 is 5.48. The molecule has 2 aromatic carbocycles. The smallest absolute Gasteiger partial charge is 0.416 e. The van der Waals surface area contributed by atoms with E-state index in [1.54, 1.807) is 0 Å². The van der Waals surface area contributed by atoms with Crippen molar-refractivity contribution in [2.24, 2.45) is 0 Å². The third-order valence-electron chi connectivity index (χ3n) is 3.00. The molecule has 0 saturated carbocycles. The maximum absolute atomic E-state index is 13.7. The van der Waals surface area contributed by atoms with Crippen molar-refractivity contribution >= 4 is 17.4 Å². The number of alkyl halides is 4. The van der Waals surface area contributed by atoms with Crippen molar-refractivity contribution in [3.63, 3.8) is 0 Å². The van der Waals surface area contributed by atoms with Crippen LogP contribution in [0.5, 0.6) is 5.75 Å². The Labute approximate surface area is 134 Å². The van der Waals surface area contributed by atoms with Gasteiger partial charge in [0.15, 0.2) is 5.78 Å². The van der Waals surface area contributed by atoms with Crippen molar-refractivity contribution in [3.8, 4) is 5.75 Å². The highest BCUT2D eigenvalue weighted by Crippen LogP contribution is 2.33. The second-order valence-corrected chi connectivity index (χ2v) is 4.93. The fourth-order valence-corrected chi connectivity index (χ4v) is 2.03. The topological polar surface area (TPSA) is 26.3 Å². The summed E-state index contributed by atoms with van der Waals surface area (Å²) in [4.78, 5) is 12.4. The first kappa shape index (κ1) is 17.3. The molecule has 0 saturated heterocycles. The second-order valence-electron chi connectivity index (χ2n) is 4.56. The molecule has 2 nitrogen and oxygen atoms in total. The quantitative estimate of drug-likeness (QED) is 0.446. The van der Waals surface area contributed by atoms with Gasteiger partial charge in [-0.15, -0.1) is 11.6 Å². The number of hydrogen-bond acceptors (Lipinski definition) is 2. The highest BCUT2D eigenvalue weighted by molar-refractivity contribution is 6.18. The van der Waals surface area contributed by atoms with Gasteiger partial charge in [0.2, 0.25) is 0 Å². The SMILES string of the molecule is O=C(c1ccccc1F)c1cc(C(F)(F)F)ccc1OCCCl. The van der Waals surface area contributed by atoms with Crippen LogP contribution in [0.4, 0.5) is 17.6 Å². The van der Waals surface area contributed by atoms with Crippen molar-refractivity contribution in [2.45, 2.75) is 6.18 Å². The Morgan fingerprint density at radius 1 is 1.09 bits per heavy atom. The molecule has 0 aliphatic heterocycles. The van der Waals surface area contributed by atoms with E-state index in [1.165, 1.54) is 18.2 Å². The van der Waals surface area contributed by atoms with Crippen LogP contribution in [0.15, 0.2) is 42.5 Å². The average molecular weight is 347 g/mol. The molecule has 0 spiro atoms. The van der Waals surface area contributed by atoms with Crippen LogP contribution in [0.3, 0.4) is 0 Å². The van der Waals surface area contributed by atoms with Gasteiger partial charge in [0.1, 0.15) is 18.2 Å². The zero-order valence-corrected chi connectivity index (χ0v) is 12.4. The van der Waals surface area contributed by atoms with E-state index >= 15 is 0 Å². The van der Waals surface area contributed by atoms with E-state index in [1.807, 2.05) is 0 Å². The van der Waals surface area contributed by atoms with Gasteiger partial charge in [0.05, 0.1) is 22.6 Å². The normalized spacial score (nSPS) is 11.3. The predicted molar refractivity (Wildman–Crippen MR) is 77.5 cm³/mol. The molecule has 0 amide bonds. The molecular weight excluding hydrogens is 336 g/mol. The third kappa shape index (κ3) is 4.01. The maximum atomic E-state index is 13.7. The molecule has 0 bridgehead atoms. The number of hydrogen-bond donors (Lipinski definition) is 0. The summed E-state index contributed by atoms with van der Waals surface area (Å²) < 4.78 is 57.5. The number of halogens is 5. The minimum absolute atomic E-state index is 0.00444. The molecule has 0 N–H and O–H groups in total. The molecule has 0 unspecified atom stereocenters. The predicted octanol–water partition coefficient (Wildman–Crippen LogP) is 4.69. The first-order chi connectivity index (χ1) is 10.8. The molecule has 0 heterocycles. The van der Waals surface area contributed by atoms with Crippen LogP contribution in [-0.2, 0) is 6.18 Å². The van der Waals surface area contributed by atoms with E-state index in [0.717, 1.165) is 18.2 Å². The summed E-state index contributed by atoms with van der Waals surface area (Å²) in [5.74, 6) is -1.70. The lowest BCUT2D eigenvalue weighted by Gasteiger charge is -2.14. The van der Waals surface area contributed by atoms with Crippen molar-refractivity contribution in [1.82, 2.24) is 0 Å². The number of benzene rings is 2. The molecule has 7 heteroatoms. The number of ether oxygens (including phenoxy) is 1. The molecule has 2 aromatic rings. The lowest BCUT2D eigenvalue weighted by atomic mass is 9.99. The Balaban J connectivity index is 2.52. The van der Waals surface area contributed by atoms with Crippen LogP contribution in [-0.4, -0.2) is 18.3 Å². The summed E-state index contributed by atoms with van der Waals surface area (Å²) in [5.41, 5.74) is -1.71. The van der Waals surface area contributed by atoms with Gasteiger partial charge < -0.3 is 4.74 Å². The Morgan fingerprint density at radius 2 is 1.78 bits per heavy atom. The molecule has 0 atom stereocenters. The van der Waals surface area contributed by atoms with E-state index in [4.69, 9.17) is 16.3 Å². The number of ketones is 1. The Bertz CT molecular complexity index is 713.